The highest BCUT2D eigenvalue weighted by atomic mass is 32.2. The van der Waals surface area contributed by atoms with E-state index < -0.39 is 9.39 Å². The van der Waals surface area contributed by atoms with Crippen LogP contribution in [0.15, 0.2) is 85.5 Å². The Bertz CT molecular complexity index is 2060. The van der Waals surface area contributed by atoms with E-state index in [1.807, 2.05) is 43.5 Å². The van der Waals surface area contributed by atoms with Gasteiger partial charge >= 0.3 is 0 Å². The van der Waals surface area contributed by atoms with Gasteiger partial charge in [-0.3, -0.25) is 14.8 Å². The van der Waals surface area contributed by atoms with Crippen molar-refractivity contribution in [2.45, 2.75) is 39.7 Å². The van der Waals surface area contributed by atoms with Gasteiger partial charge < -0.3 is 10.3 Å². The maximum absolute atomic E-state index is 14.7. The fourth-order valence-electron chi connectivity index (χ4n) is 4.92. The fraction of sp³-hybridized carbons (Fsp3) is 0.200. The van der Waals surface area contributed by atoms with Crippen molar-refractivity contribution in [1.82, 2.24) is 40.2 Å². The topological polar surface area (TPSA) is 107 Å². The van der Waals surface area contributed by atoms with E-state index in [1.165, 1.54) is 12.1 Å². The van der Waals surface area contributed by atoms with Crippen molar-refractivity contribution < 1.29 is 4.39 Å². The van der Waals surface area contributed by atoms with E-state index in [1.54, 1.807) is 18.5 Å². The van der Waals surface area contributed by atoms with Crippen molar-refractivity contribution >= 4 is 48.8 Å². The minimum absolute atomic E-state index is 0.342. The molecule has 0 fully saturated rings. The van der Waals surface area contributed by atoms with Crippen molar-refractivity contribution in [1.29, 1.82) is 0 Å². The molecule has 5 rings (SSSR count). The molecule has 10 heteroatoms. The lowest BCUT2D eigenvalue weighted by atomic mass is 10.0. The first-order valence-electron chi connectivity index (χ1n) is 14.7. The highest BCUT2D eigenvalue weighted by molar-refractivity contribution is 8.25. The van der Waals surface area contributed by atoms with E-state index in [4.69, 9.17) is 9.97 Å². The van der Waals surface area contributed by atoms with Gasteiger partial charge in [0.25, 0.3) is 0 Å². The number of benzene rings is 1. The van der Waals surface area contributed by atoms with Crippen LogP contribution in [0.25, 0.3) is 50.3 Å². The molecule has 4 heterocycles. The molecule has 1 aromatic carbocycles. The molecule has 0 aliphatic rings. The standard InChI is InChI=1S/C35H39FN8S/c1-8-11-12-22(4)39-27(10-3)18-24(9-2)29-13-14-30-33(40-29)34(44-43-30)35-41-31-21-37-20-28(32(31)42-35)25-15-23(16-26(36)17-25)19-38-45(5,6)7/h9-10,13-18,20-21,38-39H,3-6,8,11-12,19H2,1-2,7H3,(H,41,42)(H,43,44)/b24-9+,27-18+. The van der Waals surface area contributed by atoms with Crippen molar-refractivity contribution in [3.8, 4) is 22.6 Å². The number of unbranched alkanes of at least 4 members (excludes halogenated alkanes) is 1. The van der Waals surface area contributed by atoms with Gasteiger partial charge in [-0.2, -0.15) is 14.5 Å². The molecule has 5 aromatic rings. The second kappa shape index (κ2) is 13.5. The number of halogens is 1. The van der Waals surface area contributed by atoms with E-state index in [0.29, 0.717) is 45.7 Å². The van der Waals surface area contributed by atoms with Crippen LogP contribution in [0.4, 0.5) is 4.39 Å². The Morgan fingerprint density at radius 3 is 2.64 bits per heavy atom. The van der Waals surface area contributed by atoms with Crippen molar-refractivity contribution in [2.24, 2.45) is 0 Å². The number of fused-ring (bicyclic) bond motifs is 2. The van der Waals surface area contributed by atoms with E-state index in [2.05, 4.69) is 62.0 Å². The molecule has 0 aliphatic heterocycles. The van der Waals surface area contributed by atoms with Gasteiger partial charge in [0.2, 0.25) is 0 Å². The number of pyridine rings is 2. The molecule has 0 radical (unpaired) electrons. The fourth-order valence-corrected chi connectivity index (χ4v) is 5.44. The summed E-state index contributed by atoms with van der Waals surface area (Å²) in [6.07, 6.45) is 14.2. The normalized spacial score (nSPS) is 12.6. The Hall–Kier alpha value is -4.80. The number of H-pyrrole nitrogens is 2. The molecule has 0 spiro atoms. The zero-order chi connectivity index (χ0) is 32.1. The van der Waals surface area contributed by atoms with Crippen LogP contribution < -0.4 is 10.0 Å². The molecule has 232 valence electrons. The molecule has 0 atom stereocenters. The number of hydrogen-bond acceptors (Lipinski definition) is 6. The summed E-state index contributed by atoms with van der Waals surface area (Å²) in [5.74, 6) is 8.28. The predicted molar refractivity (Wildman–Crippen MR) is 190 cm³/mol. The third-order valence-corrected chi connectivity index (χ3v) is 8.05. The highest BCUT2D eigenvalue weighted by Crippen LogP contribution is 2.32. The zero-order valence-electron chi connectivity index (χ0n) is 26.0. The van der Waals surface area contributed by atoms with Gasteiger partial charge in [-0.05, 0) is 85.2 Å². The lowest BCUT2D eigenvalue weighted by Gasteiger charge is -2.12. The second-order valence-electron chi connectivity index (χ2n) is 11.2. The molecule has 4 aromatic heterocycles. The van der Waals surface area contributed by atoms with Crippen molar-refractivity contribution in [3.63, 3.8) is 0 Å². The van der Waals surface area contributed by atoms with E-state index >= 15 is 0 Å². The zero-order valence-corrected chi connectivity index (χ0v) is 26.8. The Kier molecular flexibility index (Phi) is 9.45. The number of nitrogens with one attached hydrogen (secondary N) is 4. The molecule has 0 bridgehead atoms. The molecule has 0 saturated heterocycles. The van der Waals surface area contributed by atoms with Gasteiger partial charge in [-0.25, -0.2) is 14.4 Å². The number of imidazole rings is 1. The smallest absolute Gasteiger partial charge is 0.161 e. The number of aromatic nitrogens is 6. The Balaban J connectivity index is 1.51. The SMILES string of the molecule is C=C/C(=C\C(=C/C)c1ccc2[nH]nc(-c3nc4c(-c5cc(F)cc(CNS(=C)(=C)C)c5)cncc4[nH]3)c2n1)NC(=C)CCCC. The number of rotatable bonds is 13. The van der Waals surface area contributed by atoms with Gasteiger partial charge in [-0.15, -0.1) is 0 Å². The van der Waals surface area contributed by atoms with Crippen LogP contribution in [0, 0.1) is 5.82 Å². The van der Waals surface area contributed by atoms with Gasteiger partial charge in [0.1, 0.15) is 11.3 Å². The summed E-state index contributed by atoms with van der Waals surface area (Å²) in [6.45, 7) is 12.7. The van der Waals surface area contributed by atoms with Crippen molar-refractivity contribution in [3.05, 3.63) is 103 Å². The maximum Gasteiger partial charge on any atom is 0.161 e. The summed E-state index contributed by atoms with van der Waals surface area (Å²) in [6, 6.07) is 8.84. The van der Waals surface area contributed by atoms with Crippen LogP contribution in [-0.4, -0.2) is 48.1 Å². The first-order chi connectivity index (χ1) is 21.6. The van der Waals surface area contributed by atoms with Crippen molar-refractivity contribution in [2.75, 3.05) is 6.26 Å². The molecule has 0 unspecified atom stereocenters. The molecular formula is C35H39FN8S. The number of aromatic amines is 2. The first-order valence-corrected chi connectivity index (χ1v) is 17.1. The Labute approximate surface area is 263 Å². The minimum atomic E-state index is -1.45. The lowest BCUT2D eigenvalue weighted by molar-refractivity contribution is 0.625. The first kappa shape index (κ1) is 31.6. The predicted octanol–water partition coefficient (Wildman–Crippen LogP) is 7.77. The van der Waals surface area contributed by atoms with Crippen LogP contribution in [0.1, 0.15) is 44.4 Å². The van der Waals surface area contributed by atoms with E-state index in [9.17, 15) is 4.39 Å². The summed E-state index contributed by atoms with van der Waals surface area (Å²) in [5, 5.41) is 11.0. The number of allylic oxidation sites excluding steroid dienone is 5. The number of nitrogens with zero attached hydrogens (tertiary/aromatic N) is 4. The van der Waals surface area contributed by atoms with Gasteiger partial charge in [-0.1, -0.05) is 44.3 Å². The Morgan fingerprint density at radius 1 is 1.09 bits per heavy atom. The molecular weight excluding hydrogens is 584 g/mol. The molecule has 4 N–H and O–H groups in total. The molecule has 0 amide bonds. The monoisotopic (exact) mass is 622 g/mol. The third-order valence-electron chi connectivity index (χ3n) is 7.21. The van der Waals surface area contributed by atoms with Gasteiger partial charge in [0.05, 0.1) is 28.4 Å². The molecule has 0 saturated carbocycles. The van der Waals surface area contributed by atoms with E-state index in [-0.39, 0.29) is 5.82 Å². The summed E-state index contributed by atoms with van der Waals surface area (Å²) < 4.78 is 18.0. The van der Waals surface area contributed by atoms with Crippen LogP contribution in [-0.2, 0) is 6.54 Å². The lowest BCUT2D eigenvalue weighted by Crippen LogP contribution is -2.10. The summed E-state index contributed by atoms with van der Waals surface area (Å²) in [7, 11) is -1.45. The largest absolute Gasteiger partial charge is 0.359 e. The van der Waals surface area contributed by atoms with Crippen LogP contribution in [0.5, 0.6) is 0 Å². The highest BCUT2D eigenvalue weighted by Gasteiger charge is 2.18. The second-order valence-corrected chi connectivity index (χ2v) is 14.0. The summed E-state index contributed by atoms with van der Waals surface area (Å²) in [4.78, 5) is 17.6. The van der Waals surface area contributed by atoms with E-state index in [0.717, 1.165) is 53.0 Å². The molecule has 45 heavy (non-hydrogen) atoms. The van der Waals surface area contributed by atoms with Crippen LogP contribution in [0.3, 0.4) is 0 Å². The van der Waals surface area contributed by atoms with Crippen LogP contribution in [0.2, 0.25) is 0 Å². The maximum atomic E-state index is 14.7. The van der Waals surface area contributed by atoms with Crippen LogP contribution >= 0.6 is 9.39 Å². The van der Waals surface area contributed by atoms with Gasteiger partial charge in [0.15, 0.2) is 11.5 Å². The minimum Gasteiger partial charge on any atom is -0.359 e. The summed E-state index contributed by atoms with van der Waals surface area (Å²) >= 11 is 0. The van der Waals surface area contributed by atoms with Gasteiger partial charge in [0, 0.05) is 29.7 Å². The molecule has 8 nitrogen and oxygen atoms in total. The number of hydrogen-bond donors (Lipinski definition) is 4. The quantitative estimate of drug-likeness (QED) is 0.0790. The average molecular weight is 623 g/mol. The molecule has 0 aliphatic carbocycles. The Morgan fingerprint density at radius 2 is 1.91 bits per heavy atom. The summed E-state index contributed by atoms with van der Waals surface area (Å²) in [5.41, 5.74) is 9.02. The average Bonchev–Trinajstić information content (AvgIpc) is 3.64. The third kappa shape index (κ3) is 7.47.